The highest BCUT2D eigenvalue weighted by Gasteiger charge is 2.40. The molecule has 2 nitrogen and oxygen atoms in total. The molecule has 0 radical (unpaired) electrons. The summed E-state index contributed by atoms with van der Waals surface area (Å²) in [7, 11) is 0. The van der Waals surface area contributed by atoms with E-state index in [4.69, 9.17) is 5.11 Å². The van der Waals surface area contributed by atoms with Gasteiger partial charge in [0.1, 0.15) is 0 Å². The maximum Gasteiger partial charge on any atom is 0.0477 e. The zero-order chi connectivity index (χ0) is 6.27. The average molecular weight is 127 g/mol. The van der Waals surface area contributed by atoms with Crippen LogP contribution in [0, 0.1) is 11.8 Å². The van der Waals surface area contributed by atoms with Gasteiger partial charge in [-0.3, -0.25) is 0 Å². The van der Waals surface area contributed by atoms with Crippen LogP contribution in [0.3, 0.4) is 0 Å². The summed E-state index contributed by atoms with van der Waals surface area (Å²) in [4.78, 5) is 0. The van der Waals surface area contributed by atoms with Crippen LogP contribution in [0.15, 0.2) is 0 Å². The minimum absolute atomic E-state index is 0.391. The van der Waals surface area contributed by atoms with Crippen molar-refractivity contribution < 1.29 is 5.11 Å². The Morgan fingerprint density at radius 1 is 1.44 bits per heavy atom. The fourth-order valence-electron chi connectivity index (χ4n) is 2.24. The maximum atomic E-state index is 8.91. The monoisotopic (exact) mass is 127 g/mol. The van der Waals surface area contributed by atoms with E-state index in [2.05, 4.69) is 5.32 Å². The zero-order valence-corrected chi connectivity index (χ0v) is 5.51. The fraction of sp³-hybridized carbons (Fsp3) is 1.00. The van der Waals surface area contributed by atoms with Crippen LogP contribution < -0.4 is 5.32 Å². The molecule has 9 heavy (non-hydrogen) atoms. The number of fused-ring (bicyclic) bond motifs is 2. The van der Waals surface area contributed by atoms with Gasteiger partial charge in [0.2, 0.25) is 0 Å². The highest BCUT2D eigenvalue weighted by Crippen LogP contribution is 2.36. The molecule has 2 rings (SSSR count). The van der Waals surface area contributed by atoms with Crippen LogP contribution >= 0.6 is 0 Å². The fourth-order valence-corrected chi connectivity index (χ4v) is 2.24. The molecule has 1 aliphatic heterocycles. The minimum atomic E-state index is 0.391. The molecule has 0 spiro atoms. The lowest BCUT2D eigenvalue weighted by Crippen LogP contribution is -2.26. The number of hydrogen-bond donors (Lipinski definition) is 2. The van der Waals surface area contributed by atoms with Gasteiger partial charge in [0, 0.05) is 18.6 Å². The maximum absolute atomic E-state index is 8.91. The van der Waals surface area contributed by atoms with E-state index in [-0.39, 0.29) is 0 Å². The Labute approximate surface area is 55.3 Å². The molecule has 1 heterocycles. The lowest BCUT2D eigenvalue weighted by atomic mass is 10.00. The second-order valence-corrected chi connectivity index (χ2v) is 3.20. The molecule has 0 aromatic rings. The first-order chi connectivity index (χ1) is 4.42. The molecule has 1 aliphatic carbocycles. The summed E-state index contributed by atoms with van der Waals surface area (Å²) in [6.45, 7) is 1.54. The van der Waals surface area contributed by atoms with E-state index in [1.165, 1.54) is 12.8 Å². The summed E-state index contributed by atoms with van der Waals surface area (Å²) in [5.41, 5.74) is 0. The smallest absolute Gasteiger partial charge is 0.0477 e. The Bertz CT molecular complexity index is 95.5. The zero-order valence-electron chi connectivity index (χ0n) is 5.51. The van der Waals surface area contributed by atoms with E-state index in [1.807, 2.05) is 0 Å². The third-order valence-electron chi connectivity index (χ3n) is 2.82. The van der Waals surface area contributed by atoms with Crippen molar-refractivity contribution in [1.82, 2.24) is 5.32 Å². The Hall–Kier alpha value is -0.0800. The van der Waals surface area contributed by atoms with Crippen molar-refractivity contribution in [2.75, 3.05) is 13.2 Å². The van der Waals surface area contributed by atoms with Crippen LogP contribution in [-0.2, 0) is 0 Å². The van der Waals surface area contributed by atoms with Gasteiger partial charge in [-0.05, 0) is 25.3 Å². The van der Waals surface area contributed by atoms with Crippen LogP contribution in [0.25, 0.3) is 0 Å². The third kappa shape index (κ3) is 0.700. The van der Waals surface area contributed by atoms with E-state index in [0.29, 0.717) is 18.6 Å². The summed E-state index contributed by atoms with van der Waals surface area (Å²) < 4.78 is 0. The van der Waals surface area contributed by atoms with E-state index < -0.39 is 0 Å². The van der Waals surface area contributed by atoms with Gasteiger partial charge >= 0.3 is 0 Å². The van der Waals surface area contributed by atoms with E-state index in [0.717, 1.165) is 12.5 Å². The number of hydrogen-bond acceptors (Lipinski definition) is 2. The second-order valence-electron chi connectivity index (χ2n) is 3.20. The van der Waals surface area contributed by atoms with Crippen LogP contribution in [0.2, 0.25) is 0 Å². The van der Waals surface area contributed by atoms with Crippen molar-refractivity contribution in [1.29, 1.82) is 0 Å². The molecule has 1 saturated heterocycles. The van der Waals surface area contributed by atoms with Crippen LogP contribution in [0.4, 0.5) is 0 Å². The lowest BCUT2D eigenvalue weighted by Gasteiger charge is -2.09. The van der Waals surface area contributed by atoms with Crippen molar-refractivity contribution in [2.45, 2.75) is 18.9 Å². The van der Waals surface area contributed by atoms with Gasteiger partial charge < -0.3 is 10.4 Å². The molecule has 0 aromatic heterocycles. The highest BCUT2D eigenvalue weighted by atomic mass is 16.3. The average Bonchev–Trinajstić information content (AvgIpc) is 2.44. The first-order valence-electron chi connectivity index (χ1n) is 3.76. The molecule has 0 aromatic carbocycles. The molecule has 2 N–H and O–H groups in total. The molecular weight excluding hydrogens is 114 g/mol. The van der Waals surface area contributed by atoms with Crippen molar-refractivity contribution in [2.24, 2.45) is 11.8 Å². The number of aliphatic hydroxyl groups is 1. The Kier molecular flexibility index (Phi) is 1.24. The normalized spacial score (nSPS) is 48.3. The van der Waals surface area contributed by atoms with Crippen molar-refractivity contribution in [3.8, 4) is 0 Å². The van der Waals surface area contributed by atoms with Crippen LogP contribution in [-0.4, -0.2) is 24.3 Å². The summed E-state index contributed by atoms with van der Waals surface area (Å²) in [5, 5.41) is 12.3. The standard InChI is InChI=1S/C7H13NO/c9-4-6-5-1-2-7(6)8-3-5/h5-9H,1-4H2. The summed E-state index contributed by atoms with van der Waals surface area (Å²) >= 11 is 0. The van der Waals surface area contributed by atoms with Gasteiger partial charge in [0.25, 0.3) is 0 Å². The molecular formula is C7H13NO. The molecule has 3 unspecified atom stereocenters. The lowest BCUT2D eigenvalue weighted by molar-refractivity contribution is 0.208. The molecule has 0 amide bonds. The summed E-state index contributed by atoms with van der Waals surface area (Å²) in [6.07, 6.45) is 2.62. The Morgan fingerprint density at radius 2 is 2.33 bits per heavy atom. The molecule has 1 saturated carbocycles. The number of nitrogens with one attached hydrogen (secondary N) is 1. The molecule has 2 aliphatic rings. The molecule has 2 fully saturated rings. The summed E-state index contributed by atoms with van der Waals surface area (Å²) in [5.74, 6) is 1.38. The highest BCUT2D eigenvalue weighted by molar-refractivity contribution is 4.96. The Balaban J connectivity index is 2.08. The predicted octanol–water partition coefficient (Wildman–Crippen LogP) is -0.0233. The van der Waals surface area contributed by atoms with Gasteiger partial charge in [0.05, 0.1) is 0 Å². The van der Waals surface area contributed by atoms with Crippen molar-refractivity contribution >= 4 is 0 Å². The minimum Gasteiger partial charge on any atom is -0.396 e. The van der Waals surface area contributed by atoms with Crippen molar-refractivity contribution in [3.05, 3.63) is 0 Å². The molecule has 3 atom stereocenters. The molecule has 2 heteroatoms. The predicted molar refractivity (Wildman–Crippen MR) is 35.1 cm³/mol. The van der Waals surface area contributed by atoms with Gasteiger partial charge in [-0.1, -0.05) is 0 Å². The SMILES string of the molecule is OCC1C2CCC1NC2. The molecule has 2 bridgehead atoms. The van der Waals surface area contributed by atoms with Gasteiger partial charge in [0.15, 0.2) is 0 Å². The topological polar surface area (TPSA) is 32.3 Å². The van der Waals surface area contributed by atoms with Crippen LogP contribution in [0.1, 0.15) is 12.8 Å². The first-order valence-corrected chi connectivity index (χ1v) is 3.76. The number of rotatable bonds is 1. The van der Waals surface area contributed by atoms with E-state index in [9.17, 15) is 0 Å². The second kappa shape index (κ2) is 1.96. The third-order valence-corrected chi connectivity index (χ3v) is 2.82. The van der Waals surface area contributed by atoms with Gasteiger partial charge in [-0.25, -0.2) is 0 Å². The number of aliphatic hydroxyl groups excluding tert-OH is 1. The van der Waals surface area contributed by atoms with Gasteiger partial charge in [-0.15, -0.1) is 0 Å². The van der Waals surface area contributed by atoms with Gasteiger partial charge in [-0.2, -0.15) is 0 Å². The van der Waals surface area contributed by atoms with E-state index >= 15 is 0 Å². The summed E-state index contributed by atoms with van der Waals surface area (Å²) in [6, 6.07) is 0.653. The van der Waals surface area contributed by atoms with Crippen molar-refractivity contribution in [3.63, 3.8) is 0 Å². The quantitative estimate of drug-likeness (QED) is 0.518. The van der Waals surface area contributed by atoms with Crippen LogP contribution in [0.5, 0.6) is 0 Å². The molecule has 52 valence electrons. The Morgan fingerprint density at radius 3 is 2.56 bits per heavy atom. The first kappa shape index (κ1) is 5.69. The van der Waals surface area contributed by atoms with E-state index in [1.54, 1.807) is 0 Å². The number of piperidine rings is 1. The largest absolute Gasteiger partial charge is 0.396 e.